The van der Waals surface area contributed by atoms with Crippen molar-refractivity contribution in [2.75, 3.05) is 5.75 Å². The van der Waals surface area contributed by atoms with E-state index in [9.17, 15) is 4.21 Å². The first kappa shape index (κ1) is 9.98. The SMILES string of the molecule is [CH2+]CCCCCCS(=O)O. The molecule has 0 fully saturated rings. The third-order valence-electron chi connectivity index (χ3n) is 1.32. The first-order valence-corrected chi connectivity index (χ1v) is 4.91. The molecule has 0 saturated heterocycles. The molecule has 0 rings (SSSR count). The zero-order valence-corrected chi connectivity index (χ0v) is 7.03. The van der Waals surface area contributed by atoms with Crippen LogP contribution in [-0.2, 0) is 11.1 Å². The van der Waals surface area contributed by atoms with Crippen molar-refractivity contribution >= 4 is 11.1 Å². The zero-order valence-electron chi connectivity index (χ0n) is 6.21. The molecule has 0 saturated carbocycles. The van der Waals surface area contributed by atoms with E-state index in [-0.39, 0.29) is 0 Å². The van der Waals surface area contributed by atoms with Gasteiger partial charge in [0, 0.05) is 5.75 Å². The van der Waals surface area contributed by atoms with Crippen molar-refractivity contribution in [1.29, 1.82) is 0 Å². The Morgan fingerprint density at radius 3 is 2.30 bits per heavy atom. The molecule has 0 amide bonds. The molecule has 0 aliphatic rings. The van der Waals surface area contributed by atoms with Gasteiger partial charge in [-0.05, 0) is 19.3 Å². The van der Waals surface area contributed by atoms with Crippen LogP contribution in [0.25, 0.3) is 0 Å². The minimum atomic E-state index is -1.59. The van der Waals surface area contributed by atoms with Gasteiger partial charge >= 0.3 is 0 Å². The van der Waals surface area contributed by atoms with E-state index in [2.05, 4.69) is 6.92 Å². The fourth-order valence-electron chi connectivity index (χ4n) is 0.756. The molecule has 0 aliphatic carbocycles. The van der Waals surface area contributed by atoms with Crippen molar-refractivity contribution in [3.8, 4) is 0 Å². The summed E-state index contributed by atoms with van der Waals surface area (Å²) in [4.78, 5) is 0. The van der Waals surface area contributed by atoms with Crippen molar-refractivity contribution < 1.29 is 8.76 Å². The number of hydrogen-bond acceptors (Lipinski definition) is 1. The van der Waals surface area contributed by atoms with Crippen LogP contribution in [0.1, 0.15) is 32.1 Å². The minimum absolute atomic E-state index is 0.428. The lowest BCUT2D eigenvalue weighted by atomic mass is 10.2. The molecule has 60 valence electrons. The second-order valence-corrected chi connectivity index (χ2v) is 3.34. The lowest BCUT2D eigenvalue weighted by Crippen LogP contribution is -1.93. The molecular formula is C7H15O2S+. The Morgan fingerprint density at radius 2 is 1.80 bits per heavy atom. The Labute approximate surface area is 65.3 Å². The molecule has 0 aliphatic heterocycles. The van der Waals surface area contributed by atoms with Gasteiger partial charge in [0.1, 0.15) is 0 Å². The molecular weight excluding hydrogens is 148 g/mol. The van der Waals surface area contributed by atoms with E-state index in [1.165, 1.54) is 0 Å². The fourth-order valence-corrected chi connectivity index (χ4v) is 1.21. The number of hydrogen-bond donors (Lipinski definition) is 1. The summed E-state index contributed by atoms with van der Waals surface area (Å²) in [6.07, 6.45) is 5.17. The third-order valence-corrected chi connectivity index (χ3v) is 1.96. The van der Waals surface area contributed by atoms with Crippen molar-refractivity contribution in [3.05, 3.63) is 6.92 Å². The molecule has 0 aromatic rings. The Kier molecular flexibility index (Phi) is 7.08. The predicted molar refractivity (Wildman–Crippen MR) is 44.1 cm³/mol. The van der Waals surface area contributed by atoms with Gasteiger partial charge in [-0.2, -0.15) is 0 Å². The van der Waals surface area contributed by atoms with E-state index in [1.54, 1.807) is 0 Å². The Morgan fingerprint density at radius 1 is 1.20 bits per heavy atom. The van der Waals surface area contributed by atoms with Crippen LogP contribution in [0, 0.1) is 6.92 Å². The monoisotopic (exact) mass is 163 g/mol. The second-order valence-electron chi connectivity index (χ2n) is 2.29. The van der Waals surface area contributed by atoms with Crippen LogP contribution in [0.5, 0.6) is 0 Å². The summed E-state index contributed by atoms with van der Waals surface area (Å²) in [6.45, 7) is 3.71. The maximum absolute atomic E-state index is 10.1. The first-order chi connectivity index (χ1) is 4.77. The molecule has 3 heteroatoms. The van der Waals surface area contributed by atoms with E-state index in [0.29, 0.717) is 5.75 Å². The minimum Gasteiger partial charge on any atom is -0.306 e. The molecule has 0 heterocycles. The van der Waals surface area contributed by atoms with Crippen molar-refractivity contribution in [2.24, 2.45) is 0 Å². The summed E-state index contributed by atoms with van der Waals surface area (Å²) in [5.74, 6) is 0.428. The van der Waals surface area contributed by atoms with Gasteiger partial charge < -0.3 is 4.55 Å². The average Bonchev–Trinajstić information content (AvgIpc) is 1.87. The van der Waals surface area contributed by atoms with Crippen LogP contribution in [-0.4, -0.2) is 14.5 Å². The molecule has 0 radical (unpaired) electrons. The molecule has 1 N–H and O–H groups in total. The molecule has 0 bridgehead atoms. The molecule has 2 nitrogen and oxygen atoms in total. The fraction of sp³-hybridized carbons (Fsp3) is 0.857. The second kappa shape index (κ2) is 7.09. The molecule has 10 heavy (non-hydrogen) atoms. The number of rotatable bonds is 6. The van der Waals surface area contributed by atoms with E-state index < -0.39 is 11.1 Å². The quantitative estimate of drug-likeness (QED) is 0.369. The van der Waals surface area contributed by atoms with E-state index in [1.807, 2.05) is 0 Å². The Hall–Kier alpha value is -0.0200. The summed E-state index contributed by atoms with van der Waals surface area (Å²) >= 11 is -1.59. The van der Waals surface area contributed by atoms with Gasteiger partial charge in [-0.25, -0.2) is 4.21 Å². The van der Waals surface area contributed by atoms with Gasteiger partial charge in [0.15, 0.2) is 11.1 Å². The third kappa shape index (κ3) is 7.98. The number of unbranched alkanes of at least 4 members (excludes halogenated alkanes) is 4. The highest BCUT2D eigenvalue weighted by Crippen LogP contribution is 2.01. The van der Waals surface area contributed by atoms with Gasteiger partial charge in [0.25, 0.3) is 0 Å². The van der Waals surface area contributed by atoms with E-state index in [4.69, 9.17) is 4.55 Å². The molecule has 1 unspecified atom stereocenters. The van der Waals surface area contributed by atoms with Gasteiger partial charge in [-0.3, -0.25) is 0 Å². The average molecular weight is 163 g/mol. The van der Waals surface area contributed by atoms with Crippen molar-refractivity contribution in [3.63, 3.8) is 0 Å². The lowest BCUT2D eigenvalue weighted by molar-refractivity contribution is 0.557. The van der Waals surface area contributed by atoms with Crippen LogP contribution in [0.4, 0.5) is 0 Å². The normalized spacial score (nSPS) is 13.3. The summed E-state index contributed by atoms with van der Waals surface area (Å²) in [7, 11) is 0. The highest BCUT2D eigenvalue weighted by atomic mass is 32.2. The molecule has 0 aromatic heterocycles. The van der Waals surface area contributed by atoms with E-state index >= 15 is 0 Å². The van der Waals surface area contributed by atoms with Gasteiger partial charge in [0.05, 0.1) is 13.3 Å². The first-order valence-electron chi connectivity index (χ1n) is 3.64. The van der Waals surface area contributed by atoms with Gasteiger partial charge in [-0.15, -0.1) is 0 Å². The molecule has 0 spiro atoms. The Bertz CT molecular complexity index is 93.6. The molecule has 1 atom stereocenters. The van der Waals surface area contributed by atoms with Crippen LogP contribution in [0.15, 0.2) is 0 Å². The zero-order chi connectivity index (χ0) is 7.82. The van der Waals surface area contributed by atoms with Crippen molar-refractivity contribution in [2.45, 2.75) is 32.1 Å². The van der Waals surface area contributed by atoms with Crippen molar-refractivity contribution in [1.82, 2.24) is 0 Å². The van der Waals surface area contributed by atoms with Crippen LogP contribution >= 0.6 is 0 Å². The predicted octanol–water partition coefficient (Wildman–Crippen LogP) is 1.99. The van der Waals surface area contributed by atoms with Crippen LogP contribution < -0.4 is 0 Å². The summed E-state index contributed by atoms with van der Waals surface area (Å²) in [5.41, 5.74) is 0. The maximum Gasteiger partial charge on any atom is 0.152 e. The topological polar surface area (TPSA) is 37.3 Å². The maximum atomic E-state index is 10.1. The highest BCUT2D eigenvalue weighted by molar-refractivity contribution is 7.79. The Balaban J connectivity index is 2.84. The summed E-state index contributed by atoms with van der Waals surface area (Å²) in [5, 5.41) is 0. The van der Waals surface area contributed by atoms with Crippen LogP contribution in [0.2, 0.25) is 0 Å². The van der Waals surface area contributed by atoms with Gasteiger partial charge in [-0.1, -0.05) is 6.42 Å². The van der Waals surface area contributed by atoms with Gasteiger partial charge in [0.2, 0.25) is 0 Å². The molecule has 0 aromatic carbocycles. The summed E-state index contributed by atoms with van der Waals surface area (Å²) in [6, 6.07) is 0. The standard InChI is InChI=1S/C7H14O2S/c1-2-3-4-5-6-7-10(8)9/h1-7H2/p+1. The summed E-state index contributed by atoms with van der Waals surface area (Å²) < 4.78 is 18.5. The lowest BCUT2D eigenvalue weighted by Gasteiger charge is -1.94. The highest BCUT2D eigenvalue weighted by Gasteiger charge is 1.93. The smallest absolute Gasteiger partial charge is 0.152 e. The van der Waals surface area contributed by atoms with Crippen LogP contribution in [0.3, 0.4) is 0 Å². The largest absolute Gasteiger partial charge is 0.306 e. The van der Waals surface area contributed by atoms with E-state index in [0.717, 1.165) is 32.1 Å².